The molecule has 3 unspecified atom stereocenters. The molecule has 0 aromatic rings. The Morgan fingerprint density at radius 3 is 2.94 bits per heavy atom. The van der Waals surface area contributed by atoms with E-state index in [0.29, 0.717) is 18.5 Å². The Kier molecular flexibility index (Phi) is 4.42. The van der Waals surface area contributed by atoms with Crippen LogP contribution in [0.15, 0.2) is 0 Å². The molecular formula is C13H26N2O2. The summed E-state index contributed by atoms with van der Waals surface area (Å²) in [4.78, 5) is 2.42. The molecule has 2 heterocycles. The predicted molar refractivity (Wildman–Crippen MR) is 67.8 cm³/mol. The fourth-order valence-electron chi connectivity index (χ4n) is 3.27. The van der Waals surface area contributed by atoms with Crippen molar-refractivity contribution in [2.24, 2.45) is 17.1 Å². The molecule has 0 bridgehead atoms. The van der Waals surface area contributed by atoms with Crippen molar-refractivity contribution in [1.82, 2.24) is 4.90 Å². The van der Waals surface area contributed by atoms with E-state index >= 15 is 0 Å². The van der Waals surface area contributed by atoms with Crippen molar-refractivity contribution in [3.05, 3.63) is 0 Å². The lowest BCUT2D eigenvalue weighted by Gasteiger charge is -2.40. The van der Waals surface area contributed by atoms with Crippen molar-refractivity contribution in [2.75, 3.05) is 39.5 Å². The highest BCUT2D eigenvalue weighted by molar-refractivity contribution is 4.92. The molecule has 0 aromatic carbocycles. The molecule has 4 heteroatoms. The summed E-state index contributed by atoms with van der Waals surface area (Å²) in [6.07, 6.45) is 3.46. The lowest BCUT2D eigenvalue weighted by molar-refractivity contribution is -0.0284. The zero-order chi connectivity index (χ0) is 12.3. The van der Waals surface area contributed by atoms with Crippen LogP contribution < -0.4 is 5.73 Å². The monoisotopic (exact) mass is 242 g/mol. The van der Waals surface area contributed by atoms with Crippen LogP contribution in [0.4, 0.5) is 0 Å². The van der Waals surface area contributed by atoms with Gasteiger partial charge in [-0.1, -0.05) is 6.92 Å². The van der Waals surface area contributed by atoms with Gasteiger partial charge in [0.1, 0.15) is 0 Å². The van der Waals surface area contributed by atoms with Crippen LogP contribution >= 0.6 is 0 Å². The van der Waals surface area contributed by atoms with Crippen LogP contribution in [0.3, 0.4) is 0 Å². The van der Waals surface area contributed by atoms with Crippen molar-refractivity contribution < 1.29 is 9.84 Å². The van der Waals surface area contributed by atoms with Crippen molar-refractivity contribution >= 4 is 0 Å². The molecule has 4 nitrogen and oxygen atoms in total. The highest BCUT2D eigenvalue weighted by atomic mass is 16.5. The van der Waals surface area contributed by atoms with Crippen molar-refractivity contribution in [2.45, 2.75) is 32.2 Å². The number of likely N-dealkylation sites (tertiary alicyclic amines) is 1. The van der Waals surface area contributed by atoms with Gasteiger partial charge in [-0.15, -0.1) is 0 Å². The zero-order valence-corrected chi connectivity index (χ0v) is 10.9. The van der Waals surface area contributed by atoms with Gasteiger partial charge in [0.2, 0.25) is 0 Å². The fourth-order valence-corrected chi connectivity index (χ4v) is 3.27. The van der Waals surface area contributed by atoms with E-state index in [1.54, 1.807) is 0 Å². The number of rotatable bonds is 4. The van der Waals surface area contributed by atoms with E-state index in [1.165, 1.54) is 6.42 Å². The third-order valence-electron chi connectivity index (χ3n) is 4.56. The highest BCUT2D eigenvalue weighted by Crippen LogP contribution is 2.32. The summed E-state index contributed by atoms with van der Waals surface area (Å²) in [6, 6.07) is 0.320. The van der Waals surface area contributed by atoms with E-state index in [9.17, 15) is 5.11 Å². The van der Waals surface area contributed by atoms with Gasteiger partial charge < -0.3 is 15.6 Å². The normalized spacial score (nSPS) is 39.7. The third kappa shape index (κ3) is 2.81. The van der Waals surface area contributed by atoms with Crippen LogP contribution in [0.1, 0.15) is 26.2 Å². The molecule has 2 aliphatic heterocycles. The van der Waals surface area contributed by atoms with Crippen LogP contribution in [0, 0.1) is 11.3 Å². The molecule has 0 aromatic heterocycles. The number of nitrogens with two attached hydrogens (primary N) is 1. The molecular weight excluding hydrogens is 216 g/mol. The van der Waals surface area contributed by atoms with Gasteiger partial charge in [0.05, 0.1) is 13.2 Å². The molecule has 0 amide bonds. The number of hydrogen-bond donors (Lipinski definition) is 2. The fraction of sp³-hybridized carbons (Fsp3) is 1.00. The molecule has 2 rings (SSSR count). The zero-order valence-electron chi connectivity index (χ0n) is 10.9. The van der Waals surface area contributed by atoms with Gasteiger partial charge in [0, 0.05) is 31.2 Å². The topological polar surface area (TPSA) is 58.7 Å². The molecule has 0 radical (unpaired) electrons. The summed E-state index contributed by atoms with van der Waals surface area (Å²) < 4.78 is 5.61. The lowest BCUT2D eigenvalue weighted by Crippen LogP contribution is -2.50. The number of aliphatic hydroxyl groups excluding tert-OH is 1. The smallest absolute Gasteiger partial charge is 0.0589 e. The van der Waals surface area contributed by atoms with Crippen molar-refractivity contribution in [1.29, 1.82) is 0 Å². The molecule has 2 aliphatic rings. The maximum absolute atomic E-state index is 9.49. The van der Waals surface area contributed by atoms with Crippen LogP contribution in [0.2, 0.25) is 0 Å². The minimum Gasteiger partial charge on any atom is -0.395 e. The summed E-state index contributed by atoms with van der Waals surface area (Å²) in [7, 11) is 0. The first-order valence-corrected chi connectivity index (χ1v) is 6.83. The summed E-state index contributed by atoms with van der Waals surface area (Å²) in [5.74, 6) is 0.597. The van der Waals surface area contributed by atoms with Gasteiger partial charge in [-0.3, -0.25) is 4.90 Å². The first-order valence-electron chi connectivity index (χ1n) is 6.83. The number of hydrogen-bond acceptors (Lipinski definition) is 4. The Morgan fingerprint density at radius 1 is 1.53 bits per heavy atom. The van der Waals surface area contributed by atoms with E-state index in [0.717, 1.165) is 39.1 Å². The minimum atomic E-state index is 0.121. The van der Waals surface area contributed by atoms with E-state index in [1.807, 2.05) is 0 Å². The third-order valence-corrected chi connectivity index (χ3v) is 4.56. The van der Waals surface area contributed by atoms with E-state index in [2.05, 4.69) is 11.8 Å². The van der Waals surface area contributed by atoms with Gasteiger partial charge in [-0.2, -0.15) is 0 Å². The van der Waals surface area contributed by atoms with E-state index < -0.39 is 0 Å². The molecule has 0 saturated carbocycles. The SMILES string of the molecule is CC1CCN(CC2(CN)CCCOC2)C1CO. The molecule has 3 N–H and O–H groups in total. The van der Waals surface area contributed by atoms with Crippen LogP contribution in [0.5, 0.6) is 0 Å². The average molecular weight is 242 g/mol. The van der Waals surface area contributed by atoms with Crippen molar-refractivity contribution in [3.63, 3.8) is 0 Å². The molecule has 2 fully saturated rings. The Bertz CT molecular complexity index is 242. The molecule has 3 atom stereocenters. The largest absolute Gasteiger partial charge is 0.395 e. The Balaban J connectivity index is 1.98. The molecule has 17 heavy (non-hydrogen) atoms. The number of aliphatic hydroxyl groups is 1. The van der Waals surface area contributed by atoms with Gasteiger partial charge in [-0.25, -0.2) is 0 Å². The number of ether oxygens (including phenoxy) is 1. The average Bonchev–Trinajstić information content (AvgIpc) is 2.71. The minimum absolute atomic E-state index is 0.121. The van der Waals surface area contributed by atoms with Crippen LogP contribution in [-0.2, 0) is 4.74 Å². The Hall–Kier alpha value is -0.160. The van der Waals surface area contributed by atoms with Gasteiger partial charge in [-0.05, 0) is 31.7 Å². The maximum atomic E-state index is 9.49. The second-order valence-corrected chi connectivity index (χ2v) is 5.85. The highest BCUT2D eigenvalue weighted by Gasteiger charge is 2.38. The Morgan fingerprint density at radius 2 is 2.35 bits per heavy atom. The van der Waals surface area contributed by atoms with Crippen LogP contribution in [0.25, 0.3) is 0 Å². The summed E-state index contributed by atoms with van der Waals surface area (Å²) in [5.41, 5.74) is 6.09. The quantitative estimate of drug-likeness (QED) is 0.751. The second-order valence-electron chi connectivity index (χ2n) is 5.85. The van der Waals surface area contributed by atoms with Gasteiger partial charge in [0.15, 0.2) is 0 Å². The standard InChI is InChI=1S/C13H26N2O2/c1-11-3-5-15(12(11)7-16)9-13(8-14)4-2-6-17-10-13/h11-12,16H,2-10,14H2,1H3. The number of nitrogens with zero attached hydrogens (tertiary/aromatic N) is 1. The van der Waals surface area contributed by atoms with E-state index in [4.69, 9.17) is 10.5 Å². The molecule has 0 aliphatic carbocycles. The van der Waals surface area contributed by atoms with Crippen LogP contribution in [-0.4, -0.2) is 55.5 Å². The summed E-state index contributed by atoms with van der Waals surface area (Å²) in [5, 5.41) is 9.49. The second kappa shape index (κ2) is 5.65. The lowest BCUT2D eigenvalue weighted by atomic mass is 9.82. The maximum Gasteiger partial charge on any atom is 0.0589 e. The molecule has 2 saturated heterocycles. The van der Waals surface area contributed by atoms with Gasteiger partial charge >= 0.3 is 0 Å². The molecule has 100 valence electrons. The van der Waals surface area contributed by atoms with Crippen molar-refractivity contribution in [3.8, 4) is 0 Å². The first-order chi connectivity index (χ1) is 8.21. The van der Waals surface area contributed by atoms with Gasteiger partial charge in [0.25, 0.3) is 0 Å². The summed E-state index contributed by atoms with van der Waals surface area (Å²) in [6.45, 7) is 6.92. The Labute approximate surface area is 104 Å². The predicted octanol–water partition coefficient (Wildman–Crippen LogP) is 0.445. The van der Waals surface area contributed by atoms with E-state index in [-0.39, 0.29) is 12.0 Å². The molecule has 0 spiro atoms. The first kappa shape index (κ1) is 13.3. The summed E-state index contributed by atoms with van der Waals surface area (Å²) >= 11 is 0.